The van der Waals surface area contributed by atoms with Crippen molar-refractivity contribution in [2.45, 2.75) is 13.8 Å². The van der Waals surface area contributed by atoms with Crippen LogP contribution in [0, 0.1) is 13.8 Å². The molecule has 0 aliphatic heterocycles. The Morgan fingerprint density at radius 2 is 1.20 bits per heavy atom. The van der Waals surface area contributed by atoms with E-state index in [-0.39, 0.29) is 0 Å². The predicted molar refractivity (Wildman–Crippen MR) is 66.9 cm³/mol. The Hall–Kier alpha value is -0.900. The number of nitrogens with one attached hydrogen (secondary N) is 1. The van der Waals surface area contributed by atoms with Gasteiger partial charge in [-0.3, -0.25) is 0 Å². The molecule has 0 radical (unpaired) electrons. The van der Waals surface area contributed by atoms with Gasteiger partial charge in [-0.1, -0.05) is 35.4 Å². The smallest absolute Gasteiger partial charge is 0.00750 e. The fourth-order valence-corrected chi connectivity index (χ4v) is 0.966. The quantitative estimate of drug-likeness (QED) is 0.643. The molecule has 0 aliphatic rings. The average molecular weight is 209 g/mol. The van der Waals surface area contributed by atoms with Crippen LogP contribution < -0.4 is 16.8 Å². The zero-order valence-corrected chi connectivity index (χ0v) is 9.79. The van der Waals surface area contributed by atoms with Crippen LogP contribution in [-0.2, 0) is 0 Å². The van der Waals surface area contributed by atoms with Crippen molar-refractivity contribution < 1.29 is 0 Å². The van der Waals surface area contributed by atoms with Crippen LogP contribution in [-0.4, -0.2) is 26.2 Å². The minimum atomic E-state index is 0.694. The average Bonchev–Trinajstić information content (AvgIpc) is 2.24. The molecule has 0 heterocycles. The molecular formula is C12H23N3. The second-order valence-corrected chi connectivity index (χ2v) is 3.48. The maximum atomic E-state index is 5.17. The van der Waals surface area contributed by atoms with Gasteiger partial charge in [-0.15, -0.1) is 0 Å². The van der Waals surface area contributed by atoms with E-state index in [4.69, 9.17) is 11.5 Å². The standard InChI is InChI=1S/C8H10.C4H13N3/c1-7-3-5-8(2)6-4-7;5-1-3-7-4-2-6/h3-6H,1-2H3;7H,1-6H2. The maximum Gasteiger partial charge on any atom is 0.00750 e. The molecule has 0 saturated heterocycles. The second kappa shape index (κ2) is 9.65. The van der Waals surface area contributed by atoms with E-state index in [0.29, 0.717) is 13.1 Å². The molecule has 1 aromatic carbocycles. The van der Waals surface area contributed by atoms with E-state index >= 15 is 0 Å². The van der Waals surface area contributed by atoms with Gasteiger partial charge in [0.25, 0.3) is 0 Å². The molecule has 1 aromatic rings. The Kier molecular flexibility index (Phi) is 9.07. The lowest BCUT2D eigenvalue weighted by molar-refractivity contribution is 0.696. The molecule has 0 aromatic heterocycles. The summed E-state index contributed by atoms with van der Waals surface area (Å²) in [6.07, 6.45) is 0. The van der Waals surface area contributed by atoms with Crippen LogP contribution in [0.25, 0.3) is 0 Å². The molecule has 3 nitrogen and oxygen atoms in total. The molecular weight excluding hydrogens is 186 g/mol. The molecule has 0 unspecified atom stereocenters. The van der Waals surface area contributed by atoms with Crippen molar-refractivity contribution in [2.24, 2.45) is 11.5 Å². The Balaban J connectivity index is 0.000000265. The maximum absolute atomic E-state index is 5.17. The van der Waals surface area contributed by atoms with Crippen LogP contribution >= 0.6 is 0 Å². The third-order valence-electron chi connectivity index (χ3n) is 1.86. The highest BCUT2D eigenvalue weighted by atomic mass is 14.9. The number of nitrogens with two attached hydrogens (primary N) is 2. The van der Waals surface area contributed by atoms with Gasteiger partial charge in [0.1, 0.15) is 0 Å². The lowest BCUT2D eigenvalue weighted by Gasteiger charge is -1.95. The first-order valence-corrected chi connectivity index (χ1v) is 5.34. The van der Waals surface area contributed by atoms with E-state index in [1.807, 2.05) is 0 Å². The minimum Gasteiger partial charge on any atom is -0.329 e. The molecule has 1 rings (SSSR count). The summed E-state index contributed by atoms with van der Waals surface area (Å²) >= 11 is 0. The number of hydrogen-bond donors (Lipinski definition) is 3. The molecule has 0 atom stereocenters. The highest BCUT2D eigenvalue weighted by molar-refractivity contribution is 5.19. The summed E-state index contributed by atoms with van der Waals surface area (Å²) in [6.45, 7) is 7.33. The van der Waals surface area contributed by atoms with Crippen molar-refractivity contribution in [1.29, 1.82) is 0 Å². The molecule has 0 fully saturated rings. The van der Waals surface area contributed by atoms with Crippen molar-refractivity contribution in [2.75, 3.05) is 26.2 Å². The van der Waals surface area contributed by atoms with Crippen molar-refractivity contribution in [3.05, 3.63) is 35.4 Å². The zero-order valence-electron chi connectivity index (χ0n) is 9.79. The Labute approximate surface area is 92.9 Å². The van der Waals surface area contributed by atoms with Crippen LogP contribution in [0.1, 0.15) is 11.1 Å². The molecule has 5 N–H and O–H groups in total. The van der Waals surface area contributed by atoms with Gasteiger partial charge in [0, 0.05) is 26.2 Å². The topological polar surface area (TPSA) is 64.1 Å². The van der Waals surface area contributed by atoms with E-state index in [9.17, 15) is 0 Å². The van der Waals surface area contributed by atoms with Gasteiger partial charge < -0.3 is 16.8 Å². The van der Waals surface area contributed by atoms with Gasteiger partial charge in [-0.05, 0) is 13.8 Å². The predicted octanol–water partition coefficient (Wildman–Crippen LogP) is 0.797. The highest BCUT2D eigenvalue weighted by Crippen LogP contribution is 1.99. The van der Waals surface area contributed by atoms with Gasteiger partial charge in [-0.25, -0.2) is 0 Å². The molecule has 0 bridgehead atoms. The summed E-state index contributed by atoms with van der Waals surface area (Å²) in [5.74, 6) is 0. The number of benzene rings is 1. The zero-order chi connectivity index (χ0) is 11.5. The van der Waals surface area contributed by atoms with E-state index in [1.165, 1.54) is 11.1 Å². The number of hydrogen-bond acceptors (Lipinski definition) is 3. The van der Waals surface area contributed by atoms with Crippen LogP contribution in [0.4, 0.5) is 0 Å². The molecule has 0 aliphatic carbocycles. The van der Waals surface area contributed by atoms with Crippen LogP contribution in [0.15, 0.2) is 24.3 Å². The Morgan fingerprint density at radius 1 is 0.867 bits per heavy atom. The fourth-order valence-electron chi connectivity index (χ4n) is 0.966. The first-order valence-electron chi connectivity index (χ1n) is 5.34. The fraction of sp³-hybridized carbons (Fsp3) is 0.500. The van der Waals surface area contributed by atoms with Gasteiger partial charge >= 0.3 is 0 Å². The Morgan fingerprint density at radius 3 is 1.47 bits per heavy atom. The lowest BCUT2D eigenvalue weighted by atomic mass is 10.2. The molecule has 0 spiro atoms. The largest absolute Gasteiger partial charge is 0.329 e. The first-order chi connectivity index (χ1) is 7.20. The van der Waals surface area contributed by atoms with Crippen LogP contribution in [0.5, 0.6) is 0 Å². The van der Waals surface area contributed by atoms with Gasteiger partial charge in [0.15, 0.2) is 0 Å². The SMILES string of the molecule is Cc1ccc(C)cc1.NCCNCCN. The van der Waals surface area contributed by atoms with Crippen LogP contribution in [0.3, 0.4) is 0 Å². The van der Waals surface area contributed by atoms with Crippen molar-refractivity contribution in [3.63, 3.8) is 0 Å². The normalized spacial score (nSPS) is 9.33. The van der Waals surface area contributed by atoms with E-state index < -0.39 is 0 Å². The second-order valence-electron chi connectivity index (χ2n) is 3.48. The lowest BCUT2D eigenvalue weighted by Crippen LogP contribution is -2.27. The minimum absolute atomic E-state index is 0.694. The Bertz CT molecular complexity index is 206. The summed E-state index contributed by atoms with van der Waals surface area (Å²) in [5, 5.41) is 3.03. The summed E-state index contributed by atoms with van der Waals surface area (Å²) in [6, 6.07) is 8.48. The third kappa shape index (κ3) is 9.41. The number of aryl methyl sites for hydroxylation is 2. The molecule has 3 heteroatoms. The summed E-state index contributed by atoms with van der Waals surface area (Å²) in [7, 11) is 0. The van der Waals surface area contributed by atoms with E-state index in [0.717, 1.165) is 13.1 Å². The van der Waals surface area contributed by atoms with Crippen LogP contribution in [0.2, 0.25) is 0 Å². The van der Waals surface area contributed by atoms with Gasteiger partial charge in [0.2, 0.25) is 0 Å². The third-order valence-corrected chi connectivity index (χ3v) is 1.86. The monoisotopic (exact) mass is 209 g/mol. The number of rotatable bonds is 4. The molecule has 15 heavy (non-hydrogen) atoms. The summed E-state index contributed by atoms with van der Waals surface area (Å²) in [5.41, 5.74) is 13.0. The molecule has 0 saturated carbocycles. The summed E-state index contributed by atoms with van der Waals surface area (Å²) < 4.78 is 0. The summed E-state index contributed by atoms with van der Waals surface area (Å²) in [4.78, 5) is 0. The van der Waals surface area contributed by atoms with E-state index in [2.05, 4.69) is 43.4 Å². The van der Waals surface area contributed by atoms with Crippen molar-refractivity contribution in [1.82, 2.24) is 5.32 Å². The van der Waals surface area contributed by atoms with Crippen molar-refractivity contribution >= 4 is 0 Å². The van der Waals surface area contributed by atoms with Crippen molar-refractivity contribution in [3.8, 4) is 0 Å². The highest BCUT2D eigenvalue weighted by Gasteiger charge is 1.79. The van der Waals surface area contributed by atoms with Gasteiger partial charge in [0.05, 0.1) is 0 Å². The first kappa shape index (κ1) is 14.1. The van der Waals surface area contributed by atoms with E-state index in [1.54, 1.807) is 0 Å². The van der Waals surface area contributed by atoms with Gasteiger partial charge in [-0.2, -0.15) is 0 Å². The molecule has 86 valence electrons. The molecule has 0 amide bonds.